The Hall–Kier alpha value is -1.61. The highest BCUT2D eigenvalue weighted by molar-refractivity contribution is 9.08. The number of anilines is 1. The number of aryl methyl sites for hydroxylation is 2. The van der Waals surface area contributed by atoms with Crippen LogP contribution in [0.2, 0.25) is 0 Å². The first-order valence-corrected chi connectivity index (χ1v) is 7.64. The van der Waals surface area contributed by atoms with Gasteiger partial charge in [-0.2, -0.15) is 0 Å². The maximum Gasteiger partial charge on any atom is 0.258 e. The Morgan fingerprint density at radius 1 is 1.05 bits per heavy atom. The molecule has 20 heavy (non-hydrogen) atoms. The first-order valence-electron chi connectivity index (χ1n) is 6.52. The molecule has 2 nitrogen and oxygen atoms in total. The SMILES string of the molecule is Cc1cc(C)cc(N(C)C(=O)c2ccc(CBr)cc2)c1. The van der Waals surface area contributed by atoms with Crippen molar-refractivity contribution in [2.75, 3.05) is 11.9 Å². The minimum Gasteiger partial charge on any atom is -0.311 e. The van der Waals surface area contributed by atoms with Gasteiger partial charge in [-0.25, -0.2) is 0 Å². The van der Waals surface area contributed by atoms with Crippen LogP contribution in [0.5, 0.6) is 0 Å². The van der Waals surface area contributed by atoms with Gasteiger partial charge in [0.25, 0.3) is 5.91 Å². The molecule has 0 aliphatic heterocycles. The summed E-state index contributed by atoms with van der Waals surface area (Å²) in [5.74, 6) is 0.0103. The molecule has 1 amide bonds. The highest BCUT2D eigenvalue weighted by Gasteiger charge is 2.13. The molecular weight excluding hydrogens is 314 g/mol. The number of amides is 1. The maximum atomic E-state index is 12.5. The lowest BCUT2D eigenvalue weighted by Crippen LogP contribution is -2.26. The molecule has 0 heterocycles. The number of rotatable bonds is 3. The van der Waals surface area contributed by atoms with Crippen LogP contribution in [-0.4, -0.2) is 13.0 Å². The number of nitrogens with zero attached hydrogens (tertiary/aromatic N) is 1. The van der Waals surface area contributed by atoms with Crippen molar-refractivity contribution in [1.82, 2.24) is 0 Å². The van der Waals surface area contributed by atoms with Crippen molar-refractivity contribution in [3.63, 3.8) is 0 Å². The number of carbonyl (C=O) groups excluding carboxylic acids is 1. The van der Waals surface area contributed by atoms with E-state index in [1.165, 1.54) is 0 Å². The predicted octanol–water partition coefficient (Wildman–Crippen LogP) is 4.47. The molecule has 2 aromatic rings. The summed E-state index contributed by atoms with van der Waals surface area (Å²) in [6.45, 7) is 4.08. The van der Waals surface area contributed by atoms with E-state index in [1.807, 2.05) is 57.3 Å². The van der Waals surface area contributed by atoms with Gasteiger partial charge in [-0.05, 0) is 54.8 Å². The van der Waals surface area contributed by atoms with E-state index in [2.05, 4.69) is 22.0 Å². The lowest BCUT2D eigenvalue weighted by molar-refractivity contribution is 0.0993. The van der Waals surface area contributed by atoms with E-state index in [0.29, 0.717) is 5.56 Å². The quantitative estimate of drug-likeness (QED) is 0.759. The summed E-state index contributed by atoms with van der Waals surface area (Å²) in [6, 6.07) is 13.8. The van der Waals surface area contributed by atoms with Gasteiger partial charge in [-0.15, -0.1) is 0 Å². The average Bonchev–Trinajstić information content (AvgIpc) is 2.45. The Balaban J connectivity index is 2.27. The standard InChI is InChI=1S/C17H18BrNO/c1-12-8-13(2)10-16(9-12)19(3)17(20)15-6-4-14(11-18)5-7-15/h4-10H,11H2,1-3H3. The third-order valence-electron chi connectivity index (χ3n) is 3.25. The van der Waals surface area contributed by atoms with Crippen molar-refractivity contribution in [2.45, 2.75) is 19.2 Å². The zero-order chi connectivity index (χ0) is 14.7. The molecule has 104 valence electrons. The molecule has 0 aliphatic rings. The fourth-order valence-electron chi connectivity index (χ4n) is 2.19. The second-order valence-corrected chi connectivity index (χ2v) is 5.60. The topological polar surface area (TPSA) is 20.3 Å². The minimum absolute atomic E-state index is 0.0103. The van der Waals surface area contributed by atoms with Crippen LogP contribution in [0.1, 0.15) is 27.0 Å². The summed E-state index contributed by atoms with van der Waals surface area (Å²) in [5.41, 5.74) is 5.12. The number of benzene rings is 2. The molecule has 0 fully saturated rings. The first kappa shape index (κ1) is 14.8. The van der Waals surface area contributed by atoms with Gasteiger partial charge in [0.15, 0.2) is 0 Å². The van der Waals surface area contributed by atoms with Crippen molar-refractivity contribution in [3.05, 3.63) is 64.7 Å². The molecule has 2 rings (SSSR count). The number of alkyl halides is 1. The number of hydrogen-bond donors (Lipinski definition) is 0. The van der Waals surface area contributed by atoms with Crippen LogP contribution < -0.4 is 4.90 Å². The first-order chi connectivity index (χ1) is 9.51. The van der Waals surface area contributed by atoms with Gasteiger partial charge in [-0.3, -0.25) is 4.79 Å². The van der Waals surface area contributed by atoms with E-state index in [-0.39, 0.29) is 5.91 Å². The third kappa shape index (κ3) is 3.28. The molecule has 2 aromatic carbocycles. The average molecular weight is 332 g/mol. The van der Waals surface area contributed by atoms with Gasteiger partial charge < -0.3 is 4.90 Å². The molecule has 0 spiro atoms. The van der Waals surface area contributed by atoms with Crippen molar-refractivity contribution in [3.8, 4) is 0 Å². The molecule has 0 saturated carbocycles. The summed E-state index contributed by atoms with van der Waals surface area (Å²) in [7, 11) is 1.81. The van der Waals surface area contributed by atoms with E-state index >= 15 is 0 Å². The van der Waals surface area contributed by atoms with Gasteiger partial charge >= 0.3 is 0 Å². The molecule has 0 N–H and O–H groups in total. The molecule has 0 radical (unpaired) electrons. The fraction of sp³-hybridized carbons (Fsp3) is 0.235. The van der Waals surface area contributed by atoms with E-state index in [9.17, 15) is 4.79 Å². The molecule has 0 saturated heterocycles. The normalized spacial score (nSPS) is 10.4. The van der Waals surface area contributed by atoms with Crippen molar-refractivity contribution >= 4 is 27.5 Å². The van der Waals surface area contributed by atoms with Crippen LogP contribution in [0.4, 0.5) is 5.69 Å². The van der Waals surface area contributed by atoms with Gasteiger partial charge in [0, 0.05) is 23.6 Å². The summed E-state index contributed by atoms with van der Waals surface area (Å²) < 4.78 is 0. The fourth-order valence-corrected chi connectivity index (χ4v) is 2.57. The smallest absolute Gasteiger partial charge is 0.258 e. The van der Waals surface area contributed by atoms with Crippen LogP contribution in [-0.2, 0) is 5.33 Å². The molecule has 0 bridgehead atoms. The molecule has 0 unspecified atom stereocenters. The highest BCUT2D eigenvalue weighted by Crippen LogP contribution is 2.20. The van der Waals surface area contributed by atoms with E-state index < -0.39 is 0 Å². The van der Waals surface area contributed by atoms with Gasteiger partial charge in [0.2, 0.25) is 0 Å². The largest absolute Gasteiger partial charge is 0.311 e. The monoisotopic (exact) mass is 331 g/mol. The number of carbonyl (C=O) groups is 1. The Morgan fingerprint density at radius 2 is 1.60 bits per heavy atom. The minimum atomic E-state index is 0.0103. The summed E-state index contributed by atoms with van der Waals surface area (Å²) in [5, 5.41) is 0.800. The van der Waals surface area contributed by atoms with E-state index in [4.69, 9.17) is 0 Å². The summed E-state index contributed by atoms with van der Waals surface area (Å²) in [4.78, 5) is 14.2. The van der Waals surface area contributed by atoms with E-state index in [0.717, 1.165) is 27.7 Å². The molecule has 0 aliphatic carbocycles. The van der Waals surface area contributed by atoms with Crippen molar-refractivity contribution in [2.24, 2.45) is 0 Å². The Labute approximate surface area is 128 Å². The van der Waals surface area contributed by atoms with Gasteiger partial charge in [0.05, 0.1) is 0 Å². The second-order valence-electron chi connectivity index (χ2n) is 5.04. The van der Waals surface area contributed by atoms with Crippen LogP contribution >= 0.6 is 15.9 Å². The predicted molar refractivity (Wildman–Crippen MR) is 87.7 cm³/mol. The second kappa shape index (κ2) is 6.23. The van der Waals surface area contributed by atoms with Crippen LogP contribution in [0.25, 0.3) is 0 Å². The molecule has 0 atom stereocenters. The van der Waals surface area contributed by atoms with Gasteiger partial charge in [0.1, 0.15) is 0 Å². The lowest BCUT2D eigenvalue weighted by Gasteiger charge is -2.19. The maximum absolute atomic E-state index is 12.5. The lowest BCUT2D eigenvalue weighted by atomic mass is 10.1. The van der Waals surface area contributed by atoms with Crippen LogP contribution in [0.3, 0.4) is 0 Å². The van der Waals surface area contributed by atoms with E-state index in [1.54, 1.807) is 4.90 Å². The number of halogens is 1. The van der Waals surface area contributed by atoms with Crippen molar-refractivity contribution < 1.29 is 4.79 Å². The zero-order valence-electron chi connectivity index (χ0n) is 12.0. The summed E-state index contributed by atoms with van der Waals surface area (Å²) >= 11 is 3.41. The van der Waals surface area contributed by atoms with Crippen LogP contribution in [0.15, 0.2) is 42.5 Å². The van der Waals surface area contributed by atoms with Gasteiger partial charge in [-0.1, -0.05) is 34.1 Å². The highest BCUT2D eigenvalue weighted by atomic mass is 79.9. The molecule has 0 aromatic heterocycles. The molecular formula is C17H18BrNO. The Bertz CT molecular complexity index is 599. The number of hydrogen-bond acceptors (Lipinski definition) is 1. The molecule has 3 heteroatoms. The Kier molecular flexibility index (Phi) is 4.61. The van der Waals surface area contributed by atoms with Crippen LogP contribution in [0, 0.1) is 13.8 Å². The zero-order valence-corrected chi connectivity index (χ0v) is 13.6. The third-order valence-corrected chi connectivity index (χ3v) is 3.90. The summed E-state index contributed by atoms with van der Waals surface area (Å²) in [6.07, 6.45) is 0. The van der Waals surface area contributed by atoms with Crippen molar-refractivity contribution in [1.29, 1.82) is 0 Å². The Morgan fingerprint density at radius 3 is 2.10 bits per heavy atom.